The summed E-state index contributed by atoms with van der Waals surface area (Å²) in [6.07, 6.45) is 3.30. The number of imidazole rings is 1. The molecule has 2 heterocycles. The normalized spacial score (nSPS) is 10.8. The molecule has 8 nitrogen and oxygen atoms in total. The highest BCUT2D eigenvalue weighted by molar-refractivity contribution is 5.73. The highest BCUT2D eigenvalue weighted by Crippen LogP contribution is 2.01. The predicted octanol–water partition coefficient (Wildman–Crippen LogP) is -1.65. The number of amides is 1. The molecule has 0 bridgehead atoms. The summed E-state index contributed by atoms with van der Waals surface area (Å²) in [5.41, 5.74) is 9.90. The number of anilines is 1. The van der Waals surface area contributed by atoms with Gasteiger partial charge in [-0.15, -0.1) is 0 Å². The molecule has 2 aromatic rings. The van der Waals surface area contributed by atoms with E-state index in [1.165, 1.54) is 10.6 Å². The molecular weight excluding hydrogens is 212 g/mol. The van der Waals surface area contributed by atoms with Crippen LogP contribution in [-0.4, -0.2) is 24.8 Å². The van der Waals surface area contributed by atoms with E-state index in [9.17, 15) is 9.59 Å². The molecular formula is C8H10N6O2. The highest BCUT2D eigenvalue weighted by atomic mass is 16.1. The van der Waals surface area contributed by atoms with Gasteiger partial charge in [-0.2, -0.15) is 9.97 Å². The summed E-state index contributed by atoms with van der Waals surface area (Å²) in [6.45, 7) is 0.349. The van der Waals surface area contributed by atoms with Gasteiger partial charge in [0.1, 0.15) is 0 Å². The fourth-order valence-corrected chi connectivity index (χ4v) is 1.37. The first-order valence-corrected chi connectivity index (χ1v) is 4.57. The van der Waals surface area contributed by atoms with Crippen LogP contribution in [0.15, 0.2) is 17.2 Å². The number of primary amides is 1. The number of nitrogens with two attached hydrogens (primary N) is 2. The molecule has 0 radical (unpaired) electrons. The molecule has 0 fully saturated rings. The molecule has 0 atom stereocenters. The standard InChI is InChI=1S/C8H10N6O2/c9-5(15)1-2-13-3-4-14-7(13)11-6(10)12-8(14)16/h3-4H,1-2H2,(H2,9,15)(H2,10,12,16). The van der Waals surface area contributed by atoms with E-state index in [1.807, 2.05) is 0 Å². The van der Waals surface area contributed by atoms with Gasteiger partial charge in [0.15, 0.2) is 0 Å². The van der Waals surface area contributed by atoms with Gasteiger partial charge in [0.2, 0.25) is 17.6 Å². The van der Waals surface area contributed by atoms with Gasteiger partial charge >= 0.3 is 5.69 Å². The van der Waals surface area contributed by atoms with Gasteiger partial charge in [-0.25, -0.2) is 9.20 Å². The van der Waals surface area contributed by atoms with E-state index in [-0.39, 0.29) is 12.4 Å². The number of rotatable bonds is 3. The fourth-order valence-electron chi connectivity index (χ4n) is 1.37. The Hall–Kier alpha value is -2.38. The Morgan fingerprint density at radius 1 is 1.38 bits per heavy atom. The van der Waals surface area contributed by atoms with Crippen molar-refractivity contribution < 1.29 is 4.79 Å². The van der Waals surface area contributed by atoms with Gasteiger partial charge in [-0.1, -0.05) is 0 Å². The summed E-state index contributed by atoms with van der Waals surface area (Å²) in [6, 6.07) is 0. The molecule has 0 aromatic carbocycles. The third-order valence-electron chi connectivity index (χ3n) is 2.10. The van der Waals surface area contributed by atoms with Crippen molar-refractivity contribution in [3.8, 4) is 0 Å². The van der Waals surface area contributed by atoms with Crippen LogP contribution in [0, 0.1) is 0 Å². The van der Waals surface area contributed by atoms with E-state index in [4.69, 9.17) is 11.5 Å². The van der Waals surface area contributed by atoms with Crippen LogP contribution < -0.4 is 17.2 Å². The van der Waals surface area contributed by atoms with Crippen molar-refractivity contribution in [2.75, 3.05) is 5.73 Å². The molecule has 0 saturated heterocycles. The molecule has 0 spiro atoms. The van der Waals surface area contributed by atoms with Gasteiger partial charge < -0.3 is 16.0 Å². The molecule has 84 valence electrons. The Morgan fingerprint density at radius 3 is 2.81 bits per heavy atom. The lowest BCUT2D eigenvalue weighted by Crippen LogP contribution is -2.20. The zero-order valence-corrected chi connectivity index (χ0v) is 8.33. The summed E-state index contributed by atoms with van der Waals surface area (Å²) >= 11 is 0. The average molecular weight is 222 g/mol. The maximum atomic E-state index is 11.4. The minimum Gasteiger partial charge on any atom is -0.370 e. The summed E-state index contributed by atoms with van der Waals surface area (Å²) in [4.78, 5) is 29.4. The lowest BCUT2D eigenvalue weighted by molar-refractivity contribution is -0.118. The number of aromatic nitrogens is 4. The topological polar surface area (TPSA) is 121 Å². The third kappa shape index (κ3) is 1.72. The van der Waals surface area contributed by atoms with E-state index in [0.29, 0.717) is 12.3 Å². The van der Waals surface area contributed by atoms with Crippen LogP contribution in [0.2, 0.25) is 0 Å². The van der Waals surface area contributed by atoms with Crippen molar-refractivity contribution in [3.63, 3.8) is 0 Å². The van der Waals surface area contributed by atoms with Crippen molar-refractivity contribution in [2.45, 2.75) is 13.0 Å². The second-order valence-electron chi connectivity index (χ2n) is 3.24. The molecule has 2 rings (SSSR count). The van der Waals surface area contributed by atoms with Crippen molar-refractivity contribution in [1.82, 2.24) is 18.9 Å². The largest absolute Gasteiger partial charge is 0.370 e. The van der Waals surface area contributed by atoms with E-state index in [1.54, 1.807) is 10.8 Å². The van der Waals surface area contributed by atoms with Crippen LogP contribution in [-0.2, 0) is 11.3 Å². The zero-order valence-electron chi connectivity index (χ0n) is 8.33. The van der Waals surface area contributed by atoms with Crippen molar-refractivity contribution in [3.05, 3.63) is 22.9 Å². The lowest BCUT2D eigenvalue weighted by atomic mass is 10.4. The number of aryl methyl sites for hydroxylation is 1. The van der Waals surface area contributed by atoms with Crippen molar-refractivity contribution in [1.29, 1.82) is 0 Å². The van der Waals surface area contributed by atoms with Gasteiger partial charge in [0.05, 0.1) is 0 Å². The summed E-state index contributed by atoms with van der Waals surface area (Å²) in [7, 11) is 0. The van der Waals surface area contributed by atoms with Gasteiger partial charge in [0, 0.05) is 25.4 Å². The molecule has 0 unspecified atom stereocenters. The number of fused-ring (bicyclic) bond motifs is 1. The number of hydrogen-bond acceptors (Lipinski definition) is 5. The number of carbonyl (C=O) groups is 1. The van der Waals surface area contributed by atoms with Crippen LogP contribution in [0.25, 0.3) is 5.78 Å². The van der Waals surface area contributed by atoms with Gasteiger partial charge in [-0.05, 0) is 0 Å². The average Bonchev–Trinajstić information content (AvgIpc) is 2.58. The maximum Gasteiger partial charge on any atom is 0.357 e. The van der Waals surface area contributed by atoms with E-state index < -0.39 is 11.6 Å². The molecule has 0 aliphatic heterocycles. The molecule has 0 saturated carbocycles. The van der Waals surface area contributed by atoms with Crippen LogP contribution >= 0.6 is 0 Å². The molecule has 1 amide bonds. The summed E-state index contributed by atoms with van der Waals surface area (Å²) in [5, 5.41) is 0. The summed E-state index contributed by atoms with van der Waals surface area (Å²) < 4.78 is 2.86. The van der Waals surface area contributed by atoms with Gasteiger partial charge in [-0.3, -0.25) is 4.79 Å². The van der Waals surface area contributed by atoms with E-state index in [0.717, 1.165) is 0 Å². The molecule has 2 aromatic heterocycles. The van der Waals surface area contributed by atoms with Gasteiger partial charge in [0.25, 0.3) is 0 Å². The van der Waals surface area contributed by atoms with Crippen molar-refractivity contribution in [2.24, 2.45) is 5.73 Å². The van der Waals surface area contributed by atoms with Crippen molar-refractivity contribution >= 4 is 17.6 Å². The number of nitrogens with zero attached hydrogens (tertiary/aromatic N) is 4. The number of nitrogen functional groups attached to an aromatic ring is 1. The Balaban J connectivity index is 2.47. The van der Waals surface area contributed by atoms with Crippen LogP contribution in [0.1, 0.15) is 6.42 Å². The molecule has 4 N–H and O–H groups in total. The molecule has 16 heavy (non-hydrogen) atoms. The second kappa shape index (κ2) is 3.65. The first-order chi connectivity index (χ1) is 7.58. The number of carbonyl (C=O) groups excluding carboxylic acids is 1. The Bertz CT molecular complexity index is 598. The predicted molar refractivity (Wildman–Crippen MR) is 55.5 cm³/mol. The van der Waals surface area contributed by atoms with Crippen LogP contribution in [0.4, 0.5) is 5.95 Å². The van der Waals surface area contributed by atoms with Crippen LogP contribution in [0.5, 0.6) is 0 Å². The molecule has 0 aliphatic carbocycles. The molecule has 0 aliphatic rings. The molecule has 8 heteroatoms. The fraction of sp³-hybridized carbons (Fsp3) is 0.250. The monoisotopic (exact) mass is 222 g/mol. The zero-order chi connectivity index (χ0) is 11.7. The quantitative estimate of drug-likeness (QED) is 0.644. The first-order valence-electron chi connectivity index (χ1n) is 4.57. The van der Waals surface area contributed by atoms with E-state index >= 15 is 0 Å². The SMILES string of the molecule is NC(=O)CCn1ccn2c(=O)nc(N)nc12. The Labute approximate surface area is 89.5 Å². The Kier molecular flexibility index (Phi) is 2.31. The second-order valence-corrected chi connectivity index (χ2v) is 3.24. The Morgan fingerprint density at radius 2 is 2.12 bits per heavy atom. The summed E-state index contributed by atoms with van der Waals surface area (Å²) in [5.74, 6) is -0.168. The highest BCUT2D eigenvalue weighted by Gasteiger charge is 2.07. The van der Waals surface area contributed by atoms with E-state index in [2.05, 4.69) is 9.97 Å². The minimum absolute atomic E-state index is 0.0935. The minimum atomic E-state index is -0.500. The smallest absolute Gasteiger partial charge is 0.357 e. The number of hydrogen-bond donors (Lipinski definition) is 2. The first kappa shape index (κ1) is 10.1. The third-order valence-corrected chi connectivity index (χ3v) is 2.10. The lowest BCUT2D eigenvalue weighted by Gasteiger charge is -2.01. The maximum absolute atomic E-state index is 11.4. The van der Waals surface area contributed by atoms with Crippen LogP contribution in [0.3, 0.4) is 0 Å².